The van der Waals surface area contributed by atoms with Crippen molar-refractivity contribution < 1.29 is 0 Å². The van der Waals surface area contributed by atoms with Gasteiger partial charge < -0.3 is 4.90 Å². The first-order valence-corrected chi connectivity index (χ1v) is 3.41. The molecule has 0 aromatic carbocycles. The van der Waals surface area contributed by atoms with Gasteiger partial charge in [0.2, 0.25) is 0 Å². The van der Waals surface area contributed by atoms with E-state index in [0.29, 0.717) is 5.92 Å². The van der Waals surface area contributed by atoms with E-state index in [1.54, 1.807) is 0 Å². The predicted octanol–water partition coefficient (Wildman–Crippen LogP) is 0.852. The molecule has 1 aliphatic rings. The Morgan fingerprint density at radius 2 is 2.44 bits per heavy atom. The highest BCUT2D eigenvalue weighted by Crippen LogP contribution is 2.12. The maximum absolute atomic E-state index is 8.53. The van der Waals surface area contributed by atoms with Crippen LogP contribution in [0.2, 0.25) is 0 Å². The Morgan fingerprint density at radius 1 is 1.67 bits per heavy atom. The fraction of sp³-hybridized carbons (Fsp3) is 0.857. The van der Waals surface area contributed by atoms with Crippen molar-refractivity contribution in [3.63, 3.8) is 0 Å². The van der Waals surface area contributed by atoms with Crippen molar-refractivity contribution in [2.75, 3.05) is 20.1 Å². The summed E-state index contributed by atoms with van der Waals surface area (Å²) in [7, 11) is 2.07. The minimum atomic E-state index is 0.295. The molecular formula is C7H12N2. The van der Waals surface area contributed by atoms with E-state index in [9.17, 15) is 0 Å². The van der Waals surface area contributed by atoms with Crippen molar-refractivity contribution in [1.29, 1.82) is 5.26 Å². The molecule has 50 valence electrons. The first-order chi connectivity index (χ1) is 4.33. The highest BCUT2D eigenvalue weighted by molar-refractivity contribution is 4.87. The normalized spacial score (nSPS) is 29.6. The smallest absolute Gasteiger partial charge is 0.0669 e. The second-order valence-corrected chi connectivity index (χ2v) is 2.73. The molecule has 0 saturated carbocycles. The van der Waals surface area contributed by atoms with Gasteiger partial charge in [-0.2, -0.15) is 5.26 Å². The SMILES string of the molecule is CN1CCCC(C#N)C1. The van der Waals surface area contributed by atoms with Crippen molar-refractivity contribution >= 4 is 0 Å². The Kier molecular flexibility index (Phi) is 2.07. The van der Waals surface area contributed by atoms with Gasteiger partial charge in [0, 0.05) is 6.54 Å². The van der Waals surface area contributed by atoms with Gasteiger partial charge >= 0.3 is 0 Å². The van der Waals surface area contributed by atoms with E-state index in [2.05, 4.69) is 18.0 Å². The lowest BCUT2D eigenvalue weighted by Crippen LogP contribution is -2.31. The monoisotopic (exact) mass is 124 g/mol. The van der Waals surface area contributed by atoms with E-state index in [1.807, 2.05) is 0 Å². The third kappa shape index (κ3) is 1.69. The molecule has 0 aliphatic carbocycles. The molecule has 0 bridgehead atoms. The van der Waals surface area contributed by atoms with Gasteiger partial charge in [-0.1, -0.05) is 0 Å². The van der Waals surface area contributed by atoms with Gasteiger partial charge in [-0.05, 0) is 26.4 Å². The summed E-state index contributed by atoms with van der Waals surface area (Å²) in [5, 5.41) is 8.53. The summed E-state index contributed by atoms with van der Waals surface area (Å²) in [5.41, 5.74) is 0. The molecule has 9 heavy (non-hydrogen) atoms. The van der Waals surface area contributed by atoms with Crippen LogP contribution in [0.25, 0.3) is 0 Å². The van der Waals surface area contributed by atoms with Crippen molar-refractivity contribution in [2.45, 2.75) is 12.8 Å². The molecule has 0 aromatic rings. The summed E-state index contributed by atoms with van der Waals surface area (Å²) in [4.78, 5) is 2.22. The molecule has 1 rings (SSSR count). The number of hydrogen-bond donors (Lipinski definition) is 0. The zero-order valence-electron chi connectivity index (χ0n) is 5.80. The Balaban J connectivity index is 2.34. The Morgan fingerprint density at radius 3 is 2.89 bits per heavy atom. The summed E-state index contributed by atoms with van der Waals surface area (Å²) in [6.45, 7) is 2.13. The van der Waals surface area contributed by atoms with E-state index >= 15 is 0 Å². The van der Waals surface area contributed by atoms with Gasteiger partial charge in [-0.3, -0.25) is 0 Å². The number of rotatable bonds is 0. The molecular weight excluding hydrogens is 112 g/mol. The van der Waals surface area contributed by atoms with Crippen LogP contribution in [0, 0.1) is 17.2 Å². The van der Waals surface area contributed by atoms with Gasteiger partial charge in [0.1, 0.15) is 0 Å². The van der Waals surface area contributed by atoms with Crippen LogP contribution in [0.1, 0.15) is 12.8 Å². The summed E-state index contributed by atoms with van der Waals surface area (Å²) >= 11 is 0. The third-order valence-corrected chi connectivity index (χ3v) is 1.81. The van der Waals surface area contributed by atoms with Gasteiger partial charge in [0.05, 0.1) is 12.0 Å². The molecule has 2 heteroatoms. The number of nitrogens with zero attached hydrogens (tertiary/aromatic N) is 2. The second-order valence-electron chi connectivity index (χ2n) is 2.73. The number of hydrogen-bond acceptors (Lipinski definition) is 2. The summed E-state index contributed by atoms with van der Waals surface area (Å²) in [6, 6.07) is 2.29. The summed E-state index contributed by atoms with van der Waals surface area (Å²) in [6.07, 6.45) is 2.29. The van der Waals surface area contributed by atoms with E-state index in [4.69, 9.17) is 5.26 Å². The largest absolute Gasteiger partial charge is 0.305 e. The molecule has 1 heterocycles. The minimum absolute atomic E-state index is 0.295. The highest BCUT2D eigenvalue weighted by Gasteiger charge is 2.15. The molecule has 0 radical (unpaired) electrons. The van der Waals surface area contributed by atoms with Gasteiger partial charge in [-0.15, -0.1) is 0 Å². The van der Waals surface area contributed by atoms with Crippen LogP contribution in [-0.4, -0.2) is 25.0 Å². The lowest BCUT2D eigenvalue weighted by molar-refractivity contribution is 0.241. The van der Waals surface area contributed by atoms with Crippen LogP contribution in [0.3, 0.4) is 0 Å². The maximum Gasteiger partial charge on any atom is 0.0669 e. The Labute approximate surface area is 56.1 Å². The zero-order chi connectivity index (χ0) is 6.69. The van der Waals surface area contributed by atoms with Crippen molar-refractivity contribution in [3.05, 3.63) is 0 Å². The third-order valence-electron chi connectivity index (χ3n) is 1.81. The molecule has 1 atom stereocenters. The average molecular weight is 124 g/mol. The summed E-state index contributed by atoms with van der Waals surface area (Å²) < 4.78 is 0. The number of nitriles is 1. The Bertz CT molecular complexity index is 125. The van der Waals surface area contributed by atoms with E-state index in [0.717, 1.165) is 19.5 Å². The lowest BCUT2D eigenvalue weighted by atomic mass is 10.0. The topological polar surface area (TPSA) is 27.0 Å². The standard InChI is InChI=1S/C7H12N2/c1-9-4-2-3-7(5-8)6-9/h7H,2-4,6H2,1H3. The average Bonchev–Trinajstić information content (AvgIpc) is 1.88. The molecule has 0 N–H and O–H groups in total. The van der Waals surface area contributed by atoms with Crippen LogP contribution < -0.4 is 0 Å². The van der Waals surface area contributed by atoms with Crippen molar-refractivity contribution in [3.8, 4) is 6.07 Å². The highest BCUT2D eigenvalue weighted by atomic mass is 15.1. The van der Waals surface area contributed by atoms with Crippen LogP contribution in [0.15, 0.2) is 0 Å². The Hall–Kier alpha value is -0.550. The number of likely N-dealkylation sites (tertiary alicyclic amines) is 1. The molecule has 1 fully saturated rings. The van der Waals surface area contributed by atoms with Crippen LogP contribution in [-0.2, 0) is 0 Å². The van der Waals surface area contributed by atoms with Gasteiger partial charge in [0.25, 0.3) is 0 Å². The lowest BCUT2D eigenvalue weighted by Gasteiger charge is -2.24. The van der Waals surface area contributed by atoms with Crippen molar-refractivity contribution in [1.82, 2.24) is 4.90 Å². The second kappa shape index (κ2) is 2.84. The maximum atomic E-state index is 8.53. The molecule has 0 amide bonds. The molecule has 0 spiro atoms. The minimum Gasteiger partial charge on any atom is -0.305 e. The van der Waals surface area contributed by atoms with Crippen LogP contribution in [0.4, 0.5) is 0 Å². The van der Waals surface area contributed by atoms with Crippen LogP contribution in [0.5, 0.6) is 0 Å². The first-order valence-electron chi connectivity index (χ1n) is 3.41. The molecule has 1 saturated heterocycles. The molecule has 1 unspecified atom stereocenters. The quantitative estimate of drug-likeness (QED) is 0.478. The molecule has 2 nitrogen and oxygen atoms in total. The molecule has 0 aromatic heterocycles. The fourth-order valence-electron chi connectivity index (χ4n) is 1.27. The molecule has 1 aliphatic heterocycles. The van der Waals surface area contributed by atoms with Gasteiger partial charge in [-0.25, -0.2) is 0 Å². The first kappa shape index (κ1) is 6.57. The fourth-order valence-corrected chi connectivity index (χ4v) is 1.27. The summed E-state index contributed by atoms with van der Waals surface area (Å²) in [5.74, 6) is 0.295. The van der Waals surface area contributed by atoms with E-state index in [1.165, 1.54) is 6.42 Å². The number of piperidine rings is 1. The van der Waals surface area contributed by atoms with E-state index < -0.39 is 0 Å². The van der Waals surface area contributed by atoms with Crippen LogP contribution >= 0.6 is 0 Å². The predicted molar refractivity (Wildman–Crippen MR) is 35.8 cm³/mol. The van der Waals surface area contributed by atoms with E-state index in [-0.39, 0.29) is 0 Å². The van der Waals surface area contributed by atoms with Gasteiger partial charge in [0.15, 0.2) is 0 Å². The zero-order valence-corrected chi connectivity index (χ0v) is 5.80. The van der Waals surface area contributed by atoms with Crippen molar-refractivity contribution in [2.24, 2.45) is 5.92 Å².